The summed E-state index contributed by atoms with van der Waals surface area (Å²) in [5, 5.41) is 3.86. The van der Waals surface area contributed by atoms with E-state index in [0.29, 0.717) is 5.02 Å². The third-order valence-corrected chi connectivity index (χ3v) is 4.79. The molecule has 2 rings (SSSR count). The number of carbonyl (C=O) groups excluding carboxylic acids is 1. The summed E-state index contributed by atoms with van der Waals surface area (Å²) in [6, 6.07) is 7.62. The van der Waals surface area contributed by atoms with Gasteiger partial charge >= 0.3 is 0 Å². The summed E-state index contributed by atoms with van der Waals surface area (Å²) in [6.45, 7) is 4.05. The van der Waals surface area contributed by atoms with Crippen molar-refractivity contribution in [1.29, 1.82) is 0 Å². The minimum absolute atomic E-state index is 0.0180. The maximum Gasteiger partial charge on any atom is 0.227 e. The highest BCUT2D eigenvalue weighted by molar-refractivity contribution is 6.30. The van der Waals surface area contributed by atoms with E-state index < -0.39 is 5.41 Å². The van der Waals surface area contributed by atoms with Crippen LogP contribution in [0.1, 0.15) is 51.1 Å². The van der Waals surface area contributed by atoms with Crippen molar-refractivity contribution in [2.75, 3.05) is 0 Å². The van der Waals surface area contributed by atoms with Gasteiger partial charge in [-0.25, -0.2) is 0 Å². The van der Waals surface area contributed by atoms with Crippen molar-refractivity contribution >= 4 is 17.5 Å². The van der Waals surface area contributed by atoms with Crippen molar-refractivity contribution in [3.8, 4) is 0 Å². The zero-order valence-corrected chi connectivity index (χ0v) is 12.9. The standard InChI is InChI=1S/C16H23ClN2O/c1-3-13(11-6-8-12(17)9-7-11)19-15(20)16(2)10-4-5-14(16)18/h6-9,13-14H,3-5,10,18H2,1-2H3,(H,19,20). The van der Waals surface area contributed by atoms with Crippen LogP contribution in [0, 0.1) is 5.41 Å². The summed E-state index contributed by atoms with van der Waals surface area (Å²) in [6.07, 6.45) is 3.68. The number of hydrogen-bond acceptors (Lipinski definition) is 2. The molecule has 1 aliphatic rings. The fourth-order valence-electron chi connectivity index (χ4n) is 2.91. The molecule has 1 aromatic rings. The first kappa shape index (κ1) is 15.3. The molecule has 3 nitrogen and oxygen atoms in total. The van der Waals surface area contributed by atoms with Gasteiger partial charge in [-0.15, -0.1) is 0 Å². The van der Waals surface area contributed by atoms with Gasteiger partial charge in [0, 0.05) is 11.1 Å². The molecule has 110 valence electrons. The molecular formula is C16H23ClN2O. The minimum atomic E-state index is -0.431. The summed E-state index contributed by atoms with van der Waals surface area (Å²) < 4.78 is 0. The number of hydrogen-bond donors (Lipinski definition) is 2. The first-order valence-electron chi connectivity index (χ1n) is 7.29. The Bertz CT molecular complexity index is 474. The van der Waals surface area contributed by atoms with Crippen LogP contribution in [0.3, 0.4) is 0 Å². The number of benzene rings is 1. The maximum absolute atomic E-state index is 12.6. The van der Waals surface area contributed by atoms with Crippen LogP contribution in [0.25, 0.3) is 0 Å². The van der Waals surface area contributed by atoms with Gasteiger partial charge in [0.2, 0.25) is 5.91 Å². The largest absolute Gasteiger partial charge is 0.349 e. The average molecular weight is 295 g/mol. The van der Waals surface area contributed by atoms with Gasteiger partial charge in [-0.3, -0.25) is 4.79 Å². The molecule has 1 fully saturated rings. The quantitative estimate of drug-likeness (QED) is 0.894. The lowest BCUT2D eigenvalue weighted by Crippen LogP contribution is -2.48. The molecule has 4 heteroatoms. The molecule has 1 saturated carbocycles. The Morgan fingerprint density at radius 3 is 2.65 bits per heavy atom. The fourth-order valence-corrected chi connectivity index (χ4v) is 3.04. The third-order valence-electron chi connectivity index (χ3n) is 4.53. The van der Waals surface area contributed by atoms with E-state index in [1.807, 2.05) is 31.2 Å². The van der Waals surface area contributed by atoms with Gasteiger partial charge in [0.05, 0.1) is 11.5 Å². The predicted octanol–water partition coefficient (Wildman–Crippen LogP) is 3.42. The van der Waals surface area contributed by atoms with E-state index in [-0.39, 0.29) is 18.0 Å². The molecule has 0 radical (unpaired) electrons. The zero-order valence-electron chi connectivity index (χ0n) is 12.2. The van der Waals surface area contributed by atoms with Gasteiger partial charge in [0.25, 0.3) is 0 Å². The molecule has 0 aliphatic heterocycles. The second-order valence-corrected chi connectivity index (χ2v) is 6.34. The molecule has 3 atom stereocenters. The van der Waals surface area contributed by atoms with Crippen molar-refractivity contribution < 1.29 is 4.79 Å². The number of nitrogens with two attached hydrogens (primary N) is 1. The van der Waals surface area contributed by atoms with Crippen LogP contribution < -0.4 is 11.1 Å². The van der Waals surface area contributed by atoms with Gasteiger partial charge in [-0.05, 0) is 43.9 Å². The molecule has 1 aromatic carbocycles. The molecule has 0 heterocycles. The lowest BCUT2D eigenvalue weighted by molar-refractivity contribution is -0.131. The highest BCUT2D eigenvalue weighted by Crippen LogP contribution is 2.37. The molecule has 3 N–H and O–H groups in total. The number of nitrogens with one attached hydrogen (secondary N) is 1. The molecule has 0 aromatic heterocycles. The van der Waals surface area contributed by atoms with Crippen LogP contribution in [-0.4, -0.2) is 11.9 Å². The predicted molar refractivity (Wildman–Crippen MR) is 82.6 cm³/mol. The van der Waals surface area contributed by atoms with Gasteiger partial charge in [0.15, 0.2) is 0 Å². The van der Waals surface area contributed by atoms with Gasteiger partial charge in [0.1, 0.15) is 0 Å². The Balaban J connectivity index is 2.10. The highest BCUT2D eigenvalue weighted by atomic mass is 35.5. The van der Waals surface area contributed by atoms with E-state index in [1.165, 1.54) is 0 Å². The van der Waals surface area contributed by atoms with Gasteiger partial charge < -0.3 is 11.1 Å². The summed E-state index contributed by atoms with van der Waals surface area (Å²) in [7, 11) is 0. The summed E-state index contributed by atoms with van der Waals surface area (Å²) in [5.41, 5.74) is 6.76. The van der Waals surface area contributed by atoms with Crippen LogP contribution in [0.15, 0.2) is 24.3 Å². The van der Waals surface area contributed by atoms with Gasteiger partial charge in [-0.2, -0.15) is 0 Å². The summed E-state index contributed by atoms with van der Waals surface area (Å²) in [5.74, 6) is 0.0734. The second-order valence-electron chi connectivity index (χ2n) is 5.90. The summed E-state index contributed by atoms with van der Waals surface area (Å²) >= 11 is 5.91. The molecule has 0 saturated heterocycles. The van der Waals surface area contributed by atoms with Crippen molar-refractivity contribution in [1.82, 2.24) is 5.32 Å². The topological polar surface area (TPSA) is 55.1 Å². The number of halogens is 1. The monoisotopic (exact) mass is 294 g/mol. The number of rotatable bonds is 4. The van der Waals surface area contributed by atoms with E-state index in [2.05, 4.69) is 12.2 Å². The molecular weight excluding hydrogens is 272 g/mol. The average Bonchev–Trinajstić information content (AvgIpc) is 2.78. The first-order valence-corrected chi connectivity index (χ1v) is 7.67. The number of amides is 1. The summed E-state index contributed by atoms with van der Waals surface area (Å²) in [4.78, 5) is 12.6. The van der Waals surface area contributed by atoms with E-state index in [9.17, 15) is 4.79 Å². The van der Waals surface area contributed by atoms with Crippen molar-refractivity contribution in [3.63, 3.8) is 0 Å². The Morgan fingerprint density at radius 2 is 2.15 bits per heavy atom. The fraction of sp³-hybridized carbons (Fsp3) is 0.562. The lowest BCUT2D eigenvalue weighted by Gasteiger charge is -2.30. The molecule has 1 amide bonds. The Morgan fingerprint density at radius 1 is 1.50 bits per heavy atom. The van der Waals surface area contributed by atoms with Crippen molar-refractivity contribution in [3.05, 3.63) is 34.9 Å². The van der Waals surface area contributed by atoms with Crippen molar-refractivity contribution in [2.24, 2.45) is 11.1 Å². The van der Waals surface area contributed by atoms with E-state index in [4.69, 9.17) is 17.3 Å². The zero-order chi connectivity index (χ0) is 14.8. The Kier molecular flexibility index (Phi) is 4.71. The maximum atomic E-state index is 12.6. The Hall–Kier alpha value is -1.06. The first-order chi connectivity index (χ1) is 9.47. The van der Waals surface area contributed by atoms with Crippen LogP contribution in [0.2, 0.25) is 5.02 Å². The van der Waals surface area contributed by atoms with Crippen LogP contribution >= 0.6 is 11.6 Å². The van der Waals surface area contributed by atoms with E-state index in [1.54, 1.807) is 0 Å². The third kappa shape index (κ3) is 2.99. The molecule has 0 spiro atoms. The number of carbonyl (C=O) groups is 1. The highest BCUT2D eigenvalue weighted by Gasteiger charge is 2.43. The van der Waals surface area contributed by atoms with E-state index in [0.717, 1.165) is 31.2 Å². The van der Waals surface area contributed by atoms with Crippen molar-refractivity contribution in [2.45, 2.75) is 51.6 Å². The normalized spacial score (nSPS) is 27.3. The SMILES string of the molecule is CCC(NC(=O)C1(C)CCCC1N)c1ccc(Cl)cc1. The smallest absolute Gasteiger partial charge is 0.227 e. The molecule has 20 heavy (non-hydrogen) atoms. The van der Waals surface area contributed by atoms with E-state index >= 15 is 0 Å². The Labute approximate surface area is 125 Å². The minimum Gasteiger partial charge on any atom is -0.349 e. The molecule has 0 bridgehead atoms. The molecule has 1 aliphatic carbocycles. The lowest BCUT2D eigenvalue weighted by atomic mass is 9.83. The molecule has 3 unspecified atom stereocenters. The van der Waals surface area contributed by atoms with Crippen LogP contribution in [-0.2, 0) is 4.79 Å². The van der Waals surface area contributed by atoms with Crippen LogP contribution in [0.4, 0.5) is 0 Å². The van der Waals surface area contributed by atoms with Gasteiger partial charge in [-0.1, -0.05) is 37.1 Å². The second kappa shape index (κ2) is 6.15. The van der Waals surface area contributed by atoms with Crippen LogP contribution in [0.5, 0.6) is 0 Å².